The first-order valence-electron chi connectivity index (χ1n) is 8.45. The topological polar surface area (TPSA) is 72.9 Å². The van der Waals surface area contributed by atoms with Crippen LogP contribution in [-0.2, 0) is 24.0 Å². The van der Waals surface area contributed by atoms with Crippen molar-refractivity contribution in [1.82, 2.24) is 4.31 Å². The Bertz CT molecular complexity index is 721. The maximum absolute atomic E-state index is 12.7. The van der Waals surface area contributed by atoms with E-state index < -0.39 is 21.3 Å². The summed E-state index contributed by atoms with van der Waals surface area (Å²) in [6.45, 7) is 1.42. The number of carbonyl (C=O) groups excluding carboxylic acids is 1. The Morgan fingerprint density at radius 1 is 1.22 bits per heavy atom. The van der Waals surface area contributed by atoms with E-state index in [-0.39, 0.29) is 29.6 Å². The molecule has 0 radical (unpaired) electrons. The van der Waals surface area contributed by atoms with Gasteiger partial charge in [0.1, 0.15) is 11.9 Å². The van der Waals surface area contributed by atoms with Crippen LogP contribution in [0.2, 0.25) is 0 Å². The molecule has 7 aliphatic rings. The van der Waals surface area contributed by atoms with Crippen LogP contribution in [0, 0.1) is 41.4 Å². The van der Waals surface area contributed by atoms with Gasteiger partial charge in [-0.05, 0) is 36.0 Å². The zero-order chi connectivity index (χ0) is 15.7. The van der Waals surface area contributed by atoms with E-state index in [9.17, 15) is 13.2 Å². The van der Waals surface area contributed by atoms with Gasteiger partial charge < -0.3 is 4.74 Å². The highest BCUT2D eigenvalue weighted by molar-refractivity contribution is 7.84. The number of morpholine rings is 1. The second-order valence-corrected chi connectivity index (χ2v) is 10.2. The summed E-state index contributed by atoms with van der Waals surface area (Å²) in [6.07, 6.45) is 0.516. The number of nitrogens with zero attached hydrogens (tertiary/aromatic N) is 1. The first-order chi connectivity index (χ1) is 11.0. The maximum Gasteiger partial charge on any atom is 0.338 e. The second kappa shape index (κ2) is 3.96. The van der Waals surface area contributed by atoms with E-state index in [1.165, 1.54) is 4.31 Å². The number of ketones is 1. The molecule has 0 aromatic heterocycles. The summed E-state index contributed by atoms with van der Waals surface area (Å²) in [5.74, 6) is 1.61. The van der Waals surface area contributed by atoms with E-state index in [1.807, 2.05) is 0 Å². The molecule has 1 heterocycles. The molecule has 6 saturated carbocycles. The molecule has 1 saturated heterocycles. The van der Waals surface area contributed by atoms with Crippen molar-refractivity contribution in [3.05, 3.63) is 0 Å². The summed E-state index contributed by atoms with van der Waals surface area (Å²) < 4.78 is 37.6. The Balaban J connectivity index is 1.37. The molecule has 6 nitrogen and oxygen atoms in total. The Hall–Kier alpha value is -0.210. The van der Waals surface area contributed by atoms with Crippen molar-refractivity contribution in [1.29, 1.82) is 0 Å². The molecule has 1 aliphatic heterocycles. The smallest absolute Gasteiger partial charge is 0.338 e. The third-order valence-corrected chi connectivity index (χ3v) is 9.74. The largest absolute Gasteiger partial charge is 0.379 e. The first-order valence-corrected chi connectivity index (χ1v) is 10.2. The van der Waals surface area contributed by atoms with Gasteiger partial charge in [-0.25, -0.2) is 0 Å². The van der Waals surface area contributed by atoms with Crippen molar-refractivity contribution >= 4 is 27.7 Å². The number of carbonyl (C=O) groups is 1. The van der Waals surface area contributed by atoms with Crippen LogP contribution in [0.15, 0.2) is 0 Å². The molecule has 0 aromatic rings. The van der Waals surface area contributed by atoms with Gasteiger partial charge >= 0.3 is 10.3 Å². The molecular formula is C15H18ClNO5S. The van der Waals surface area contributed by atoms with Crippen molar-refractivity contribution in [2.75, 3.05) is 26.3 Å². The molecule has 0 aromatic carbocycles. The third-order valence-electron chi connectivity index (χ3n) is 7.59. The number of rotatable bonds is 3. The van der Waals surface area contributed by atoms with Crippen molar-refractivity contribution in [2.45, 2.75) is 17.4 Å². The molecule has 6 bridgehead atoms. The van der Waals surface area contributed by atoms with E-state index in [0.29, 0.717) is 43.9 Å². The molecule has 126 valence electrons. The van der Waals surface area contributed by atoms with Gasteiger partial charge in [0.25, 0.3) is 0 Å². The van der Waals surface area contributed by atoms with Gasteiger partial charge in [-0.2, -0.15) is 12.7 Å². The van der Waals surface area contributed by atoms with E-state index >= 15 is 0 Å². The fraction of sp³-hybridized carbons (Fsp3) is 0.933. The standard InChI is InChI=1S/C15H18ClNO5S/c16-15-11-7-5-6-8(12(15)13(18)10(6)11)9(7)14(15)22-23(19,20)17-1-3-21-4-2-17/h6-12,14H,1-5H2. The van der Waals surface area contributed by atoms with Crippen LogP contribution in [-0.4, -0.2) is 55.8 Å². The molecule has 6 aliphatic carbocycles. The van der Waals surface area contributed by atoms with Crippen molar-refractivity contribution in [2.24, 2.45) is 41.4 Å². The minimum absolute atomic E-state index is 0.0865. The Morgan fingerprint density at radius 2 is 1.96 bits per heavy atom. The summed E-state index contributed by atoms with van der Waals surface area (Å²) in [5.41, 5.74) is 0. The quantitative estimate of drug-likeness (QED) is 0.676. The monoisotopic (exact) mass is 359 g/mol. The second-order valence-electron chi connectivity index (χ2n) is 7.96. The molecule has 8 heteroatoms. The van der Waals surface area contributed by atoms with E-state index in [2.05, 4.69) is 0 Å². The lowest BCUT2D eigenvalue weighted by atomic mass is 9.71. The lowest BCUT2D eigenvalue weighted by Gasteiger charge is -2.36. The van der Waals surface area contributed by atoms with E-state index in [1.54, 1.807) is 0 Å². The van der Waals surface area contributed by atoms with Crippen molar-refractivity contribution < 1.29 is 22.1 Å². The highest BCUT2D eigenvalue weighted by Gasteiger charge is 2.90. The van der Waals surface area contributed by atoms with Gasteiger partial charge in [0.05, 0.1) is 18.1 Å². The van der Waals surface area contributed by atoms with Crippen LogP contribution in [0.5, 0.6) is 0 Å². The SMILES string of the molecule is O=C1C2C3CC4C5C3C1C(Cl)(C5OS(=O)(=O)N1CCOCC1)C42. The minimum Gasteiger partial charge on any atom is -0.379 e. The number of hydrogen-bond acceptors (Lipinski definition) is 5. The molecule has 7 fully saturated rings. The van der Waals surface area contributed by atoms with Gasteiger partial charge in [-0.3, -0.25) is 8.98 Å². The predicted molar refractivity (Wildman–Crippen MR) is 78.8 cm³/mol. The van der Waals surface area contributed by atoms with Crippen molar-refractivity contribution in [3.63, 3.8) is 0 Å². The van der Waals surface area contributed by atoms with Crippen molar-refractivity contribution in [3.8, 4) is 0 Å². The molecule has 0 amide bonds. The zero-order valence-corrected chi connectivity index (χ0v) is 14.0. The van der Waals surface area contributed by atoms with Crippen LogP contribution < -0.4 is 0 Å². The van der Waals surface area contributed by atoms with Gasteiger partial charge in [-0.15, -0.1) is 11.6 Å². The average molecular weight is 360 g/mol. The Kier molecular flexibility index (Phi) is 2.41. The molecule has 0 spiro atoms. The Labute approximate surface area is 139 Å². The third kappa shape index (κ3) is 1.31. The lowest BCUT2D eigenvalue weighted by molar-refractivity contribution is -0.122. The molecular weight excluding hydrogens is 342 g/mol. The van der Waals surface area contributed by atoms with Crippen LogP contribution in [0.4, 0.5) is 0 Å². The number of ether oxygens (including phenoxy) is 1. The summed E-state index contributed by atoms with van der Waals surface area (Å²) in [7, 11) is -3.82. The average Bonchev–Trinajstić information content (AvgIpc) is 3.24. The highest BCUT2D eigenvalue weighted by Crippen LogP contribution is 2.84. The molecule has 7 rings (SSSR count). The summed E-state index contributed by atoms with van der Waals surface area (Å²) >= 11 is 6.96. The number of Topliss-reactive ketones (excluding diaryl/α,β-unsaturated/α-hetero) is 1. The zero-order valence-electron chi connectivity index (χ0n) is 12.4. The molecule has 9 atom stereocenters. The summed E-state index contributed by atoms with van der Waals surface area (Å²) in [4.78, 5) is 11.8. The van der Waals surface area contributed by atoms with Gasteiger partial charge in [0, 0.05) is 24.9 Å². The normalized spacial score (nSPS) is 59.1. The fourth-order valence-electron chi connectivity index (χ4n) is 7.27. The maximum atomic E-state index is 12.7. The van der Waals surface area contributed by atoms with Gasteiger partial charge in [0.2, 0.25) is 0 Å². The Morgan fingerprint density at radius 3 is 2.65 bits per heavy atom. The fourth-order valence-corrected chi connectivity index (χ4v) is 9.33. The first kappa shape index (κ1) is 14.0. The predicted octanol–water partition coefficient (Wildman–Crippen LogP) is 0.267. The van der Waals surface area contributed by atoms with Gasteiger partial charge in [0.15, 0.2) is 0 Å². The van der Waals surface area contributed by atoms with Crippen LogP contribution in [0.1, 0.15) is 6.42 Å². The highest BCUT2D eigenvalue weighted by atomic mass is 35.5. The lowest BCUT2D eigenvalue weighted by Crippen LogP contribution is -2.47. The van der Waals surface area contributed by atoms with Crippen LogP contribution in [0.25, 0.3) is 0 Å². The van der Waals surface area contributed by atoms with Gasteiger partial charge in [-0.1, -0.05) is 0 Å². The summed E-state index contributed by atoms with van der Waals surface area (Å²) in [5, 5.41) is 0. The number of alkyl halides is 1. The van der Waals surface area contributed by atoms with Crippen LogP contribution >= 0.6 is 11.6 Å². The molecule has 23 heavy (non-hydrogen) atoms. The molecule has 0 N–H and O–H groups in total. The summed E-state index contributed by atoms with van der Waals surface area (Å²) in [6, 6.07) is 0. The van der Waals surface area contributed by atoms with E-state index in [4.69, 9.17) is 20.5 Å². The number of halogens is 1. The minimum atomic E-state index is -3.82. The van der Waals surface area contributed by atoms with Crippen LogP contribution in [0.3, 0.4) is 0 Å². The number of hydrogen-bond donors (Lipinski definition) is 0. The van der Waals surface area contributed by atoms with E-state index in [0.717, 1.165) is 6.42 Å². The molecule has 9 unspecified atom stereocenters.